The molecule has 2 aromatic rings. The van der Waals surface area contributed by atoms with Crippen LogP contribution in [0.25, 0.3) is 0 Å². The van der Waals surface area contributed by atoms with Gasteiger partial charge in [-0.25, -0.2) is 18.8 Å². The highest BCUT2D eigenvalue weighted by Crippen LogP contribution is 2.42. The number of alkyl halides is 1. The Kier molecular flexibility index (Phi) is 7.79. The summed E-state index contributed by atoms with van der Waals surface area (Å²) in [4.78, 5) is 50.7. The van der Waals surface area contributed by atoms with E-state index in [1.165, 1.54) is 24.3 Å². The van der Waals surface area contributed by atoms with Crippen LogP contribution < -0.4 is 26.0 Å². The molecule has 192 valence electrons. The fourth-order valence-electron chi connectivity index (χ4n) is 3.18. The van der Waals surface area contributed by atoms with Crippen molar-refractivity contribution in [3.05, 3.63) is 57.4 Å². The molecule has 0 aliphatic carbocycles. The minimum Gasteiger partial charge on any atom is -0.487 e. The first-order chi connectivity index (χ1) is 16.3. The van der Waals surface area contributed by atoms with E-state index in [2.05, 4.69) is 4.67 Å². The smallest absolute Gasteiger partial charge is 0.440 e. The van der Waals surface area contributed by atoms with Gasteiger partial charge in [0.15, 0.2) is 17.6 Å². The maximum Gasteiger partial charge on any atom is 0.440 e. The molecule has 16 heteroatoms. The van der Waals surface area contributed by atoms with Crippen molar-refractivity contribution in [3.8, 4) is 11.5 Å². The summed E-state index contributed by atoms with van der Waals surface area (Å²) in [5.74, 6) is -1.65. The molecule has 2 heterocycles. The average molecular weight is 519 g/mol. The Labute approximate surface area is 196 Å². The average Bonchev–Trinajstić information content (AvgIpc) is 3.00. The normalized spacial score (nSPS) is 26.6. The summed E-state index contributed by atoms with van der Waals surface area (Å²) >= 11 is 0. The predicted molar refractivity (Wildman–Crippen MR) is 114 cm³/mol. The number of ether oxygens (including phenoxy) is 2. The van der Waals surface area contributed by atoms with Gasteiger partial charge in [0.05, 0.1) is 0 Å². The highest BCUT2D eigenvalue weighted by Gasteiger charge is 2.55. The number of carbonyl (C=O) groups is 1. The Balaban J connectivity index is 1.69. The zero-order valence-electron chi connectivity index (χ0n) is 18.4. The zero-order valence-corrected chi connectivity index (χ0v) is 19.3. The highest BCUT2D eigenvalue weighted by molar-refractivity contribution is 7.50. The Morgan fingerprint density at radius 2 is 2.00 bits per heavy atom. The molecule has 6 atom stereocenters. The fraction of sp³-hybridized carbons (Fsp3) is 0.421. The number of carboxylic acids is 1. The quantitative estimate of drug-likeness (QED) is 0.161. The van der Waals surface area contributed by atoms with Crippen molar-refractivity contribution in [1.29, 1.82) is 0 Å². The Morgan fingerprint density at radius 1 is 1.34 bits per heavy atom. The molecule has 5 N–H and O–H groups in total. The molecule has 0 spiro atoms. The molecule has 0 bridgehead atoms. The number of hydrogen-bond donors (Lipinski definition) is 5. The van der Waals surface area contributed by atoms with Crippen molar-refractivity contribution in [2.24, 2.45) is 0 Å². The summed E-state index contributed by atoms with van der Waals surface area (Å²) in [6, 6.07) is 5.23. The van der Waals surface area contributed by atoms with Crippen LogP contribution in [0.3, 0.4) is 0 Å². The molecule has 3 rings (SSSR count). The van der Waals surface area contributed by atoms with Gasteiger partial charge in [-0.3, -0.25) is 19.1 Å². The van der Waals surface area contributed by atoms with Crippen LogP contribution >= 0.6 is 7.75 Å². The second kappa shape index (κ2) is 10.3. The van der Waals surface area contributed by atoms with Crippen molar-refractivity contribution >= 4 is 13.7 Å². The monoisotopic (exact) mass is 519 g/mol. The molecule has 35 heavy (non-hydrogen) atoms. The molecule has 0 amide bonds. The van der Waals surface area contributed by atoms with Gasteiger partial charge < -0.3 is 29.5 Å². The van der Waals surface area contributed by atoms with E-state index in [0.717, 1.165) is 30.7 Å². The number of aromatic nitrogens is 2. The summed E-state index contributed by atoms with van der Waals surface area (Å²) in [5, 5.41) is 21.1. The van der Waals surface area contributed by atoms with Crippen molar-refractivity contribution in [1.82, 2.24) is 14.6 Å². The van der Waals surface area contributed by atoms with E-state index in [0.29, 0.717) is 0 Å². The standard InChI is InChI=1S/C19H23FN3O11P/c1-10(16(26)27)22-35(29,30)34-33-12-6-4-3-5-11(12)31-9-13-15(25)19(2,20)17(32-13)23-8-7-14(24)21-18(23)28/h3-8,10,13,15,17,25H,9H2,1-2H3,(H,26,27)(H,21,24,28)(H2,22,29,30)/t10-,13+,15+,17+,19+/m0/s1. The van der Waals surface area contributed by atoms with E-state index >= 15 is 4.39 Å². The minimum atomic E-state index is -4.69. The SMILES string of the molecule is C[C@H](NP(=O)(O)OOc1ccccc1OC[C@H]1O[C@@H](n2ccc(=O)[nH]c2=O)[C@](C)(F)[C@@H]1O)C(=O)O. The van der Waals surface area contributed by atoms with E-state index in [-0.39, 0.29) is 11.5 Å². The summed E-state index contributed by atoms with van der Waals surface area (Å²) in [6.07, 6.45) is -3.56. The van der Waals surface area contributed by atoms with Crippen LogP contribution in [-0.4, -0.2) is 61.2 Å². The Morgan fingerprint density at radius 3 is 2.63 bits per heavy atom. The fourth-order valence-corrected chi connectivity index (χ4v) is 4.01. The van der Waals surface area contributed by atoms with Crippen LogP contribution in [0.1, 0.15) is 20.1 Å². The molecule has 1 aromatic heterocycles. The summed E-state index contributed by atoms with van der Waals surface area (Å²) in [7, 11) is -4.69. The van der Waals surface area contributed by atoms with Gasteiger partial charge in [-0.05, 0) is 26.0 Å². The van der Waals surface area contributed by atoms with Gasteiger partial charge in [-0.2, -0.15) is 0 Å². The van der Waals surface area contributed by atoms with E-state index in [4.69, 9.17) is 19.5 Å². The number of nitrogens with zero attached hydrogens (tertiary/aromatic N) is 1. The lowest BCUT2D eigenvalue weighted by molar-refractivity contribution is -0.139. The van der Waals surface area contributed by atoms with Crippen molar-refractivity contribution in [2.45, 2.75) is 44.0 Å². The number of aromatic amines is 1. The van der Waals surface area contributed by atoms with Gasteiger partial charge in [0.1, 0.15) is 24.9 Å². The number of halogens is 1. The predicted octanol–water partition coefficient (Wildman–Crippen LogP) is 0.0756. The van der Waals surface area contributed by atoms with Crippen LogP contribution in [0.15, 0.2) is 46.1 Å². The lowest BCUT2D eigenvalue weighted by Crippen LogP contribution is -2.43. The van der Waals surface area contributed by atoms with Crippen LogP contribution in [0.5, 0.6) is 11.5 Å². The van der Waals surface area contributed by atoms with Gasteiger partial charge in [0.25, 0.3) is 5.56 Å². The molecular formula is C19H23FN3O11P. The van der Waals surface area contributed by atoms with Gasteiger partial charge in [0.2, 0.25) is 5.75 Å². The number of aliphatic carboxylic acids is 1. The number of H-pyrrole nitrogens is 1. The maximum atomic E-state index is 15.3. The first-order valence-electron chi connectivity index (χ1n) is 10.1. The van der Waals surface area contributed by atoms with E-state index in [1.54, 1.807) is 0 Å². The third-order valence-corrected chi connectivity index (χ3v) is 6.02. The molecule has 1 fully saturated rings. The number of aliphatic hydroxyl groups is 1. The van der Waals surface area contributed by atoms with Gasteiger partial charge in [-0.15, -0.1) is 0 Å². The molecule has 1 aromatic carbocycles. The molecular weight excluding hydrogens is 496 g/mol. The number of hydrogen-bond acceptors (Lipinski definition) is 9. The Hall–Kier alpha value is -3.07. The van der Waals surface area contributed by atoms with Crippen molar-refractivity contribution in [2.75, 3.05) is 6.61 Å². The van der Waals surface area contributed by atoms with E-state index in [1.807, 2.05) is 10.1 Å². The molecule has 0 radical (unpaired) electrons. The van der Waals surface area contributed by atoms with E-state index in [9.17, 15) is 28.9 Å². The third kappa shape index (κ3) is 6.14. The van der Waals surface area contributed by atoms with Gasteiger partial charge >= 0.3 is 19.4 Å². The number of aliphatic hydroxyl groups excluding tert-OH is 1. The molecule has 1 unspecified atom stereocenters. The highest BCUT2D eigenvalue weighted by atomic mass is 31.2. The molecule has 14 nitrogen and oxygen atoms in total. The van der Waals surface area contributed by atoms with Gasteiger partial charge in [0, 0.05) is 12.3 Å². The van der Waals surface area contributed by atoms with Gasteiger partial charge in [-0.1, -0.05) is 16.8 Å². The second-order valence-electron chi connectivity index (χ2n) is 7.77. The van der Waals surface area contributed by atoms with Crippen LogP contribution in [-0.2, 0) is 18.8 Å². The molecule has 1 aliphatic rings. The van der Waals surface area contributed by atoms with E-state index < -0.39 is 61.7 Å². The minimum absolute atomic E-state index is 0.0557. The lowest BCUT2D eigenvalue weighted by Gasteiger charge is -2.24. The number of para-hydroxylation sites is 2. The molecule has 1 saturated heterocycles. The zero-order chi connectivity index (χ0) is 26.0. The van der Waals surface area contributed by atoms with Crippen LogP contribution in [0.2, 0.25) is 0 Å². The molecule has 1 aliphatic heterocycles. The number of benzene rings is 1. The summed E-state index contributed by atoms with van der Waals surface area (Å²) < 4.78 is 43.5. The molecule has 0 saturated carbocycles. The first kappa shape index (κ1) is 26.5. The number of nitrogens with one attached hydrogen (secondary N) is 2. The van der Waals surface area contributed by atoms with Crippen molar-refractivity contribution < 1.29 is 47.9 Å². The number of carboxylic acid groups (broad SMARTS) is 1. The van der Waals surface area contributed by atoms with Crippen molar-refractivity contribution in [3.63, 3.8) is 0 Å². The largest absolute Gasteiger partial charge is 0.487 e. The topological polar surface area (TPSA) is 199 Å². The first-order valence-corrected chi connectivity index (χ1v) is 11.6. The number of rotatable bonds is 10. The third-order valence-electron chi connectivity index (χ3n) is 5.03. The lowest BCUT2D eigenvalue weighted by atomic mass is 9.98. The van der Waals surface area contributed by atoms with Crippen LogP contribution in [0, 0.1) is 0 Å². The Bertz CT molecular complexity index is 1230. The van der Waals surface area contributed by atoms with Crippen LogP contribution in [0.4, 0.5) is 4.39 Å². The second-order valence-corrected chi connectivity index (χ2v) is 9.21. The summed E-state index contributed by atoms with van der Waals surface area (Å²) in [6.45, 7) is 1.70. The maximum absolute atomic E-state index is 15.3. The summed E-state index contributed by atoms with van der Waals surface area (Å²) in [5.41, 5.74) is -4.06.